The topological polar surface area (TPSA) is 54.9 Å². The fourth-order valence-electron chi connectivity index (χ4n) is 2.59. The minimum atomic E-state index is 0. The van der Waals surface area contributed by atoms with Crippen LogP contribution in [0.5, 0.6) is 11.5 Å². The lowest BCUT2D eigenvalue weighted by Crippen LogP contribution is -2.36. The Balaban J connectivity index is 0.00000338. The molecule has 0 heterocycles. The second kappa shape index (κ2) is 11.6. The van der Waals surface area contributed by atoms with Gasteiger partial charge in [-0.2, -0.15) is 0 Å². The van der Waals surface area contributed by atoms with E-state index in [1.807, 2.05) is 18.2 Å². The number of benzene rings is 2. The van der Waals surface area contributed by atoms with Gasteiger partial charge in [0.15, 0.2) is 17.5 Å². The summed E-state index contributed by atoms with van der Waals surface area (Å²) in [6.45, 7) is 6.17. The van der Waals surface area contributed by atoms with Crippen LogP contribution < -0.4 is 20.1 Å². The minimum absolute atomic E-state index is 0. The molecular weight excluding hydrogens is 441 g/mol. The molecule has 0 saturated carbocycles. The number of aliphatic imine (C=N–C) groups is 1. The van der Waals surface area contributed by atoms with Crippen molar-refractivity contribution in [3.8, 4) is 11.5 Å². The van der Waals surface area contributed by atoms with Gasteiger partial charge in [0.2, 0.25) is 0 Å². The third-order valence-corrected chi connectivity index (χ3v) is 3.78. The quantitative estimate of drug-likeness (QED) is 0.367. The summed E-state index contributed by atoms with van der Waals surface area (Å²) in [5.41, 5.74) is 3.45. The molecule has 0 spiro atoms. The number of hydrogen-bond acceptors (Lipinski definition) is 3. The molecule has 0 saturated heterocycles. The van der Waals surface area contributed by atoms with Gasteiger partial charge in [0.25, 0.3) is 0 Å². The smallest absolute Gasteiger partial charge is 0.191 e. The van der Waals surface area contributed by atoms with Crippen molar-refractivity contribution in [2.45, 2.75) is 26.9 Å². The van der Waals surface area contributed by atoms with Crippen molar-refractivity contribution in [3.05, 3.63) is 59.2 Å². The molecule has 0 amide bonds. The molecule has 6 heteroatoms. The van der Waals surface area contributed by atoms with Crippen molar-refractivity contribution in [2.24, 2.45) is 4.99 Å². The monoisotopic (exact) mass is 469 g/mol. The Morgan fingerprint density at radius 3 is 2.46 bits per heavy atom. The lowest BCUT2D eigenvalue weighted by molar-refractivity contribution is 0.351. The van der Waals surface area contributed by atoms with Crippen LogP contribution in [0.15, 0.2) is 47.5 Å². The molecule has 0 aliphatic heterocycles. The molecule has 142 valence electrons. The molecule has 2 aromatic rings. The summed E-state index contributed by atoms with van der Waals surface area (Å²) in [5, 5.41) is 6.62. The van der Waals surface area contributed by atoms with E-state index in [0.717, 1.165) is 29.6 Å². The lowest BCUT2D eigenvalue weighted by atomic mass is 10.1. The van der Waals surface area contributed by atoms with Gasteiger partial charge >= 0.3 is 0 Å². The Labute approximate surface area is 173 Å². The average Bonchev–Trinajstić information content (AvgIpc) is 2.63. The summed E-state index contributed by atoms with van der Waals surface area (Å²) in [4.78, 5) is 4.66. The zero-order valence-electron chi connectivity index (χ0n) is 15.8. The summed E-state index contributed by atoms with van der Waals surface area (Å²) in [7, 11) is 3.29. The maximum Gasteiger partial charge on any atom is 0.191 e. The number of nitrogens with one attached hydrogen (secondary N) is 2. The molecule has 0 aliphatic carbocycles. The van der Waals surface area contributed by atoms with Crippen molar-refractivity contribution >= 4 is 29.9 Å². The van der Waals surface area contributed by atoms with E-state index in [2.05, 4.69) is 53.7 Å². The maximum absolute atomic E-state index is 5.48. The molecule has 2 aromatic carbocycles. The van der Waals surface area contributed by atoms with Crippen LogP contribution >= 0.6 is 24.0 Å². The van der Waals surface area contributed by atoms with E-state index >= 15 is 0 Å². The van der Waals surface area contributed by atoms with Gasteiger partial charge in [-0.1, -0.05) is 42.0 Å². The number of aryl methyl sites for hydroxylation is 1. The molecule has 5 nitrogen and oxygen atoms in total. The fourth-order valence-corrected chi connectivity index (χ4v) is 2.59. The molecule has 0 fully saturated rings. The third-order valence-electron chi connectivity index (χ3n) is 3.78. The Bertz CT molecular complexity index is 720. The van der Waals surface area contributed by atoms with E-state index in [9.17, 15) is 0 Å². The first kappa shape index (κ1) is 22.1. The number of guanidine groups is 1. The number of para-hydroxylation sites is 1. The number of nitrogens with zero attached hydrogens (tertiary/aromatic N) is 1. The normalized spacial score (nSPS) is 10.7. The summed E-state index contributed by atoms with van der Waals surface area (Å²) < 4.78 is 10.8. The summed E-state index contributed by atoms with van der Waals surface area (Å²) in [6, 6.07) is 14.2. The zero-order valence-corrected chi connectivity index (χ0v) is 18.2. The van der Waals surface area contributed by atoms with E-state index in [4.69, 9.17) is 9.47 Å². The number of hydrogen-bond donors (Lipinski definition) is 2. The SMILES string of the molecule is CCNC(=NCc1cccc(C)c1)NCc1cccc(OC)c1OC.I. The van der Waals surface area contributed by atoms with Gasteiger partial charge in [-0.15, -0.1) is 24.0 Å². The molecule has 0 atom stereocenters. The molecule has 2 rings (SSSR count). The number of methoxy groups -OCH3 is 2. The zero-order chi connectivity index (χ0) is 18.1. The van der Waals surface area contributed by atoms with Gasteiger partial charge in [0.05, 0.1) is 20.8 Å². The van der Waals surface area contributed by atoms with E-state index < -0.39 is 0 Å². The van der Waals surface area contributed by atoms with Gasteiger partial charge in [0.1, 0.15) is 0 Å². The van der Waals surface area contributed by atoms with Crippen LogP contribution in [-0.2, 0) is 13.1 Å². The van der Waals surface area contributed by atoms with Crippen LogP contribution in [0.2, 0.25) is 0 Å². The molecule has 2 N–H and O–H groups in total. The standard InChI is InChI=1S/C20H27N3O2.HI/c1-5-21-20(22-13-16-9-6-8-15(2)12-16)23-14-17-10-7-11-18(24-3)19(17)25-4;/h6-12H,5,13-14H2,1-4H3,(H2,21,22,23);1H. The van der Waals surface area contributed by atoms with Gasteiger partial charge in [-0.25, -0.2) is 4.99 Å². The van der Waals surface area contributed by atoms with Crippen LogP contribution in [0.3, 0.4) is 0 Å². The molecule has 0 bridgehead atoms. The van der Waals surface area contributed by atoms with E-state index in [1.165, 1.54) is 11.1 Å². The van der Waals surface area contributed by atoms with Crippen LogP contribution in [-0.4, -0.2) is 26.7 Å². The average molecular weight is 469 g/mol. The summed E-state index contributed by atoms with van der Waals surface area (Å²) in [6.07, 6.45) is 0. The number of halogens is 1. The first-order valence-electron chi connectivity index (χ1n) is 8.45. The number of rotatable bonds is 7. The second-order valence-corrected chi connectivity index (χ2v) is 5.69. The van der Waals surface area contributed by atoms with Crippen LogP contribution in [0, 0.1) is 6.92 Å². The van der Waals surface area contributed by atoms with E-state index in [1.54, 1.807) is 14.2 Å². The molecule has 0 aromatic heterocycles. The summed E-state index contributed by atoms with van der Waals surface area (Å²) >= 11 is 0. The Kier molecular flexibility index (Phi) is 9.87. The van der Waals surface area contributed by atoms with Crippen molar-refractivity contribution in [3.63, 3.8) is 0 Å². The molecule has 0 aliphatic rings. The van der Waals surface area contributed by atoms with Crippen molar-refractivity contribution in [1.29, 1.82) is 0 Å². The predicted octanol–water partition coefficient (Wildman–Crippen LogP) is 3.89. The highest BCUT2D eigenvalue weighted by Crippen LogP contribution is 2.30. The summed E-state index contributed by atoms with van der Waals surface area (Å²) in [5.74, 6) is 2.24. The van der Waals surface area contributed by atoms with Gasteiger partial charge in [-0.05, 0) is 25.5 Å². The van der Waals surface area contributed by atoms with Crippen LogP contribution in [0.1, 0.15) is 23.6 Å². The largest absolute Gasteiger partial charge is 0.493 e. The van der Waals surface area contributed by atoms with Crippen LogP contribution in [0.25, 0.3) is 0 Å². The highest BCUT2D eigenvalue weighted by atomic mass is 127. The van der Waals surface area contributed by atoms with Crippen molar-refractivity contribution < 1.29 is 9.47 Å². The Morgan fingerprint density at radius 2 is 1.81 bits per heavy atom. The molecule has 0 unspecified atom stereocenters. The highest BCUT2D eigenvalue weighted by Gasteiger charge is 2.09. The van der Waals surface area contributed by atoms with Crippen LogP contribution in [0.4, 0.5) is 0 Å². The van der Waals surface area contributed by atoms with Crippen molar-refractivity contribution in [2.75, 3.05) is 20.8 Å². The van der Waals surface area contributed by atoms with Gasteiger partial charge < -0.3 is 20.1 Å². The second-order valence-electron chi connectivity index (χ2n) is 5.69. The van der Waals surface area contributed by atoms with E-state index in [0.29, 0.717) is 13.1 Å². The Morgan fingerprint density at radius 1 is 1.04 bits per heavy atom. The lowest BCUT2D eigenvalue weighted by Gasteiger charge is -2.15. The van der Waals surface area contributed by atoms with Crippen molar-refractivity contribution in [1.82, 2.24) is 10.6 Å². The van der Waals surface area contributed by atoms with E-state index in [-0.39, 0.29) is 24.0 Å². The maximum atomic E-state index is 5.48. The minimum Gasteiger partial charge on any atom is -0.493 e. The van der Waals surface area contributed by atoms with Gasteiger partial charge in [0, 0.05) is 18.7 Å². The fraction of sp³-hybridized carbons (Fsp3) is 0.350. The third kappa shape index (κ3) is 6.40. The molecular formula is C20H28IN3O2. The number of ether oxygens (including phenoxy) is 2. The predicted molar refractivity (Wildman–Crippen MR) is 118 cm³/mol. The molecule has 26 heavy (non-hydrogen) atoms. The first-order valence-corrected chi connectivity index (χ1v) is 8.45. The first-order chi connectivity index (χ1) is 12.2. The highest BCUT2D eigenvalue weighted by molar-refractivity contribution is 14.0. The Hall–Kier alpha value is -1.96. The van der Waals surface area contributed by atoms with Gasteiger partial charge in [-0.3, -0.25) is 0 Å². The molecule has 0 radical (unpaired) electrons.